The van der Waals surface area contributed by atoms with Gasteiger partial charge in [-0.3, -0.25) is 9.48 Å². The number of rotatable bonds is 6. The number of aromatic nitrogens is 4. The van der Waals surface area contributed by atoms with Crippen LogP contribution in [-0.2, 0) is 18.3 Å². The highest BCUT2D eigenvalue weighted by Gasteiger charge is 2.22. The Bertz CT molecular complexity index is 664. The molecule has 2 rings (SSSR count). The van der Waals surface area contributed by atoms with E-state index < -0.39 is 5.97 Å². The van der Waals surface area contributed by atoms with Crippen LogP contribution in [0.15, 0.2) is 6.33 Å². The molecule has 0 saturated carbocycles. The summed E-state index contributed by atoms with van der Waals surface area (Å²) in [6, 6.07) is 0. The molecule has 0 saturated heterocycles. The molecule has 2 aromatic heterocycles. The van der Waals surface area contributed by atoms with Crippen molar-refractivity contribution in [1.82, 2.24) is 19.7 Å². The Hall–Kier alpha value is -2.29. The Morgan fingerprint density at radius 3 is 2.81 bits per heavy atom. The molecule has 0 bridgehead atoms. The van der Waals surface area contributed by atoms with Gasteiger partial charge in [0.15, 0.2) is 22.4 Å². The van der Waals surface area contributed by atoms with Crippen LogP contribution in [0.3, 0.4) is 0 Å². The van der Waals surface area contributed by atoms with Crippen molar-refractivity contribution in [2.24, 2.45) is 7.05 Å². The van der Waals surface area contributed by atoms with Gasteiger partial charge in [0, 0.05) is 14.0 Å². The highest BCUT2D eigenvalue weighted by Crippen LogP contribution is 2.24. The molecule has 21 heavy (non-hydrogen) atoms. The number of hydrogen-bond acceptors (Lipinski definition) is 8. The highest BCUT2D eigenvalue weighted by molar-refractivity contribution is 7.17. The monoisotopic (exact) mass is 309 g/mol. The lowest BCUT2D eigenvalue weighted by molar-refractivity contribution is 0.0517. The van der Waals surface area contributed by atoms with Crippen molar-refractivity contribution in [3.05, 3.63) is 22.7 Å². The molecular weight excluding hydrogens is 294 g/mol. The van der Waals surface area contributed by atoms with E-state index in [1.165, 1.54) is 6.92 Å². The Kier molecular flexibility index (Phi) is 4.63. The van der Waals surface area contributed by atoms with E-state index in [0.29, 0.717) is 17.5 Å². The summed E-state index contributed by atoms with van der Waals surface area (Å²) in [6.07, 6.45) is 1.59. The van der Waals surface area contributed by atoms with Crippen molar-refractivity contribution in [2.75, 3.05) is 11.9 Å². The smallest absolute Gasteiger partial charge is 0.358 e. The summed E-state index contributed by atoms with van der Waals surface area (Å²) in [4.78, 5) is 31.8. The highest BCUT2D eigenvalue weighted by atomic mass is 32.1. The van der Waals surface area contributed by atoms with E-state index in [4.69, 9.17) is 4.74 Å². The van der Waals surface area contributed by atoms with E-state index in [2.05, 4.69) is 20.4 Å². The fraction of sp³-hybridized carbons (Fsp3) is 0.417. The molecule has 0 spiro atoms. The first-order valence-corrected chi connectivity index (χ1v) is 7.10. The minimum atomic E-state index is -0.594. The first-order chi connectivity index (χ1) is 10.0. The first-order valence-electron chi connectivity index (χ1n) is 6.28. The average molecular weight is 309 g/mol. The van der Waals surface area contributed by atoms with Gasteiger partial charge in [-0.15, -0.1) is 0 Å². The van der Waals surface area contributed by atoms with Gasteiger partial charge < -0.3 is 10.1 Å². The zero-order chi connectivity index (χ0) is 15.4. The molecule has 0 radical (unpaired) electrons. The molecule has 0 amide bonds. The number of carbonyl (C=O) groups is 2. The average Bonchev–Trinajstić information content (AvgIpc) is 3.03. The lowest BCUT2D eigenvalue weighted by atomic mass is 10.3. The number of nitrogens with one attached hydrogen (secondary N) is 1. The third-order valence-corrected chi connectivity index (χ3v) is 3.57. The fourth-order valence-electron chi connectivity index (χ4n) is 1.59. The zero-order valence-corrected chi connectivity index (χ0v) is 12.7. The van der Waals surface area contributed by atoms with E-state index in [-0.39, 0.29) is 23.0 Å². The molecule has 0 aliphatic heterocycles. The number of Topliss-reactive ketones (excluding diaryl/α,β-unsaturated/α-hetero) is 1. The maximum absolute atomic E-state index is 11.8. The summed E-state index contributed by atoms with van der Waals surface area (Å²) < 4.78 is 6.48. The molecule has 2 heterocycles. The maximum Gasteiger partial charge on any atom is 0.358 e. The van der Waals surface area contributed by atoms with Crippen LogP contribution in [0.2, 0.25) is 0 Å². The van der Waals surface area contributed by atoms with Crippen LogP contribution in [0.1, 0.15) is 39.8 Å². The second-order valence-electron chi connectivity index (χ2n) is 4.16. The van der Waals surface area contributed by atoms with Gasteiger partial charge in [0.2, 0.25) is 0 Å². The molecule has 0 aliphatic rings. The summed E-state index contributed by atoms with van der Waals surface area (Å²) in [5.74, 6) is -0.225. The molecule has 0 fully saturated rings. The lowest BCUT2D eigenvalue weighted by Crippen LogP contribution is -2.09. The van der Waals surface area contributed by atoms with Gasteiger partial charge in [0.05, 0.1) is 13.2 Å². The van der Waals surface area contributed by atoms with E-state index in [9.17, 15) is 9.59 Å². The van der Waals surface area contributed by atoms with Gasteiger partial charge in [0.25, 0.3) is 0 Å². The summed E-state index contributed by atoms with van der Waals surface area (Å²) >= 11 is 1.11. The van der Waals surface area contributed by atoms with Crippen LogP contribution < -0.4 is 5.32 Å². The number of thiazole rings is 1. The molecule has 2 aromatic rings. The first kappa shape index (κ1) is 15.1. The topological polar surface area (TPSA) is 99.0 Å². The second kappa shape index (κ2) is 6.44. The summed E-state index contributed by atoms with van der Waals surface area (Å²) in [5.41, 5.74) is 0.0471. The van der Waals surface area contributed by atoms with E-state index in [1.54, 1.807) is 25.0 Å². The van der Waals surface area contributed by atoms with Crippen molar-refractivity contribution in [3.8, 4) is 0 Å². The number of nitrogens with zero attached hydrogens (tertiary/aromatic N) is 4. The number of anilines is 1. The van der Waals surface area contributed by atoms with Crippen LogP contribution in [0, 0.1) is 0 Å². The second-order valence-corrected chi connectivity index (χ2v) is 5.16. The normalized spacial score (nSPS) is 10.4. The number of carbonyl (C=O) groups excluding carboxylic acids is 2. The summed E-state index contributed by atoms with van der Waals surface area (Å²) in [6.45, 7) is 3.67. The molecule has 8 nitrogen and oxygen atoms in total. The third kappa shape index (κ3) is 3.63. The van der Waals surface area contributed by atoms with Crippen LogP contribution >= 0.6 is 11.3 Å². The van der Waals surface area contributed by atoms with Crippen molar-refractivity contribution < 1.29 is 14.3 Å². The molecule has 0 aliphatic carbocycles. The molecule has 9 heteroatoms. The van der Waals surface area contributed by atoms with Gasteiger partial charge in [-0.2, -0.15) is 5.10 Å². The Balaban J connectivity index is 2.15. The van der Waals surface area contributed by atoms with Crippen molar-refractivity contribution >= 4 is 28.2 Å². The minimum absolute atomic E-state index is 0.0471. The van der Waals surface area contributed by atoms with Crippen molar-refractivity contribution in [1.29, 1.82) is 0 Å². The molecule has 1 N–H and O–H groups in total. The molecule has 0 unspecified atom stereocenters. The van der Waals surface area contributed by atoms with Gasteiger partial charge in [0.1, 0.15) is 11.2 Å². The van der Waals surface area contributed by atoms with Crippen molar-refractivity contribution in [2.45, 2.75) is 20.4 Å². The molecule has 0 aromatic carbocycles. The Labute approximate surface area is 125 Å². The molecule has 0 atom stereocenters. The van der Waals surface area contributed by atoms with Crippen molar-refractivity contribution in [3.63, 3.8) is 0 Å². The predicted octanol–water partition coefficient (Wildman–Crippen LogP) is 1.26. The van der Waals surface area contributed by atoms with E-state index >= 15 is 0 Å². The van der Waals surface area contributed by atoms with Crippen LogP contribution in [0.5, 0.6) is 0 Å². The molecular formula is C12H15N5O3S. The maximum atomic E-state index is 11.8. The lowest BCUT2D eigenvalue weighted by Gasteiger charge is -1.99. The van der Waals surface area contributed by atoms with E-state index in [1.807, 2.05) is 0 Å². The number of aryl methyl sites for hydroxylation is 1. The van der Waals surface area contributed by atoms with Gasteiger partial charge >= 0.3 is 5.97 Å². The van der Waals surface area contributed by atoms with E-state index in [0.717, 1.165) is 11.3 Å². The van der Waals surface area contributed by atoms with Crippen LogP contribution in [0.25, 0.3) is 0 Å². The van der Waals surface area contributed by atoms with Gasteiger partial charge in [-0.1, -0.05) is 11.3 Å². The Morgan fingerprint density at radius 1 is 1.48 bits per heavy atom. The summed E-state index contributed by atoms with van der Waals surface area (Å²) in [5, 5.41) is 7.57. The predicted molar refractivity (Wildman–Crippen MR) is 76.4 cm³/mol. The number of esters is 1. The van der Waals surface area contributed by atoms with Gasteiger partial charge in [-0.05, 0) is 6.92 Å². The van der Waals surface area contributed by atoms with Crippen LogP contribution in [0.4, 0.5) is 5.13 Å². The largest absolute Gasteiger partial charge is 0.461 e. The number of ether oxygens (including phenoxy) is 1. The number of hydrogen-bond donors (Lipinski definition) is 1. The quantitative estimate of drug-likeness (QED) is 0.633. The van der Waals surface area contributed by atoms with Gasteiger partial charge in [-0.25, -0.2) is 14.8 Å². The minimum Gasteiger partial charge on any atom is -0.461 e. The SMILES string of the molecule is CCOC(=O)c1nc(NCc2ncn(C)n2)sc1C(C)=O. The molecule has 112 valence electrons. The zero-order valence-electron chi connectivity index (χ0n) is 11.9. The standard InChI is InChI=1S/C12H15N5O3S/c1-4-20-11(19)9-10(7(2)18)21-12(15-9)13-5-8-14-6-17(3)16-8/h6H,4-5H2,1-3H3,(H,13,15). The third-order valence-electron chi connectivity index (χ3n) is 2.46. The fourth-order valence-corrected chi connectivity index (χ4v) is 2.44. The Morgan fingerprint density at radius 2 is 2.24 bits per heavy atom. The number of ketones is 1. The van der Waals surface area contributed by atoms with Crippen LogP contribution in [-0.4, -0.2) is 38.1 Å². The summed E-state index contributed by atoms with van der Waals surface area (Å²) in [7, 11) is 1.77.